The van der Waals surface area contributed by atoms with Crippen LogP contribution in [0.15, 0.2) is 70.7 Å². The molecule has 0 spiro atoms. The lowest BCUT2D eigenvalue weighted by molar-refractivity contribution is -0.111. The predicted octanol–water partition coefficient (Wildman–Crippen LogP) is 3.62. The number of ether oxygens (including phenoxy) is 2. The maximum atomic E-state index is 12.6. The van der Waals surface area contributed by atoms with Crippen LogP contribution in [0.5, 0.6) is 0 Å². The molecule has 0 N–H and O–H groups in total. The number of hydrogen-bond acceptors (Lipinski definition) is 7. The summed E-state index contributed by atoms with van der Waals surface area (Å²) in [5.74, 6) is 1.23. The van der Waals surface area contributed by atoms with E-state index in [0.717, 1.165) is 5.56 Å². The Morgan fingerprint density at radius 1 is 1.06 bits per heavy atom. The Morgan fingerprint density at radius 2 is 1.79 bits per heavy atom. The molecule has 0 unspecified atom stereocenters. The van der Waals surface area contributed by atoms with E-state index >= 15 is 0 Å². The van der Waals surface area contributed by atoms with Gasteiger partial charge in [-0.25, -0.2) is 12.7 Å². The van der Waals surface area contributed by atoms with E-state index in [1.807, 2.05) is 41.0 Å². The third-order valence-electron chi connectivity index (χ3n) is 4.86. The van der Waals surface area contributed by atoms with E-state index in [1.165, 1.54) is 30.2 Å². The van der Waals surface area contributed by atoms with Crippen LogP contribution in [-0.2, 0) is 26.0 Å². The fourth-order valence-corrected chi connectivity index (χ4v) is 4.75. The summed E-state index contributed by atoms with van der Waals surface area (Å²) in [5, 5.41) is 9.40. The number of sulfonamides is 1. The molecule has 176 valence electrons. The molecule has 0 aliphatic carbocycles. The van der Waals surface area contributed by atoms with E-state index in [0.29, 0.717) is 28.8 Å². The van der Waals surface area contributed by atoms with Gasteiger partial charge in [-0.3, -0.25) is 4.57 Å². The SMILES string of the molecule is COC(Cn1c(SC/C=C/c2ccccc2)nnc1-c1cccc(S(=O)(=O)N(C)C)c1)OC. The molecule has 0 aliphatic heterocycles. The van der Waals surface area contributed by atoms with E-state index in [2.05, 4.69) is 22.3 Å². The van der Waals surface area contributed by atoms with Crippen molar-refractivity contribution in [1.29, 1.82) is 0 Å². The van der Waals surface area contributed by atoms with Gasteiger partial charge >= 0.3 is 0 Å². The largest absolute Gasteiger partial charge is 0.354 e. The van der Waals surface area contributed by atoms with Crippen molar-refractivity contribution in [2.75, 3.05) is 34.1 Å². The number of methoxy groups -OCH3 is 2. The molecule has 0 atom stereocenters. The van der Waals surface area contributed by atoms with Crippen LogP contribution in [0.4, 0.5) is 0 Å². The van der Waals surface area contributed by atoms with Crippen LogP contribution < -0.4 is 0 Å². The summed E-state index contributed by atoms with van der Waals surface area (Å²) in [6, 6.07) is 16.7. The smallest absolute Gasteiger partial charge is 0.242 e. The van der Waals surface area contributed by atoms with Crippen molar-refractivity contribution >= 4 is 27.9 Å². The number of rotatable bonds is 11. The summed E-state index contributed by atoms with van der Waals surface area (Å²) < 4.78 is 39.0. The molecule has 0 saturated carbocycles. The Morgan fingerprint density at radius 3 is 2.45 bits per heavy atom. The van der Waals surface area contributed by atoms with E-state index in [1.54, 1.807) is 32.4 Å². The third-order valence-corrected chi connectivity index (χ3v) is 7.59. The monoisotopic (exact) mass is 488 g/mol. The standard InChI is InChI=1S/C23H28N4O4S2/c1-26(2)33(28,29)20-14-8-13-19(16-20)22-24-25-23(27(22)17-21(30-3)31-4)32-15-9-12-18-10-6-5-7-11-18/h5-14,16,21H,15,17H2,1-4H3/b12-9+. The van der Waals surface area contributed by atoms with Crippen LogP contribution in [0.3, 0.4) is 0 Å². The lowest BCUT2D eigenvalue weighted by Crippen LogP contribution is -2.22. The van der Waals surface area contributed by atoms with E-state index in [4.69, 9.17) is 9.47 Å². The normalized spacial score (nSPS) is 12.3. The molecule has 3 aromatic rings. The molecule has 3 rings (SSSR count). The van der Waals surface area contributed by atoms with Gasteiger partial charge in [0.15, 0.2) is 17.3 Å². The fraction of sp³-hybridized carbons (Fsp3) is 0.304. The molecule has 2 aromatic carbocycles. The van der Waals surface area contributed by atoms with E-state index in [-0.39, 0.29) is 4.90 Å². The van der Waals surface area contributed by atoms with Gasteiger partial charge in [0.05, 0.1) is 11.4 Å². The molecule has 8 nitrogen and oxygen atoms in total. The molecule has 0 amide bonds. The Kier molecular flexibility index (Phi) is 8.81. The van der Waals surface area contributed by atoms with Gasteiger partial charge in [-0.05, 0) is 17.7 Å². The Labute approximate surface area is 199 Å². The average Bonchev–Trinajstić information content (AvgIpc) is 3.23. The molecule has 33 heavy (non-hydrogen) atoms. The molecule has 0 saturated heterocycles. The summed E-state index contributed by atoms with van der Waals surface area (Å²) in [5.41, 5.74) is 1.76. The van der Waals surface area contributed by atoms with Crippen molar-refractivity contribution in [2.24, 2.45) is 0 Å². The minimum Gasteiger partial charge on any atom is -0.354 e. The summed E-state index contributed by atoms with van der Waals surface area (Å²) in [6.45, 7) is 0.352. The summed E-state index contributed by atoms with van der Waals surface area (Å²) >= 11 is 1.52. The van der Waals surface area contributed by atoms with Gasteiger partial charge in [-0.15, -0.1) is 10.2 Å². The maximum Gasteiger partial charge on any atom is 0.242 e. The molecular weight excluding hydrogens is 460 g/mol. The van der Waals surface area contributed by atoms with Gasteiger partial charge in [0.2, 0.25) is 10.0 Å². The first-order valence-electron chi connectivity index (χ1n) is 10.2. The molecule has 0 radical (unpaired) electrons. The van der Waals surface area contributed by atoms with Gasteiger partial charge in [-0.2, -0.15) is 0 Å². The second-order valence-corrected chi connectivity index (χ2v) is 10.4. The van der Waals surface area contributed by atoms with Crippen molar-refractivity contribution in [2.45, 2.75) is 22.9 Å². The highest BCUT2D eigenvalue weighted by Gasteiger charge is 2.21. The van der Waals surface area contributed by atoms with Crippen molar-refractivity contribution in [1.82, 2.24) is 19.1 Å². The Hall–Kier alpha value is -2.50. The molecule has 0 aliphatic rings. The second-order valence-electron chi connectivity index (χ2n) is 7.26. The zero-order valence-electron chi connectivity index (χ0n) is 19.1. The van der Waals surface area contributed by atoms with Crippen molar-refractivity contribution < 1.29 is 17.9 Å². The minimum atomic E-state index is -3.58. The molecule has 0 fully saturated rings. The highest BCUT2D eigenvalue weighted by Crippen LogP contribution is 2.27. The first kappa shape index (κ1) is 25.1. The number of nitrogens with zero attached hydrogens (tertiary/aromatic N) is 4. The van der Waals surface area contributed by atoms with Gasteiger partial charge < -0.3 is 9.47 Å². The van der Waals surface area contributed by atoms with Crippen molar-refractivity contribution in [3.05, 3.63) is 66.2 Å². The number of aromatic nitrogens is 3. The molecule has 1 aromatic heterocycles. The number of hydrogen-bond donors (Lipinski definition) is 0. The molecule has 0 bridgehead atoms. The third kappa shape index (κ3) is 6.30. The van der Waals surface area contributed by atoms with Crippen LogP contribution in [0.2, 0.25) is 0 Å². The van der Waals surface area contributed by atoms with Crippen LogP contribution in [-0.4, -0.2) is 67.8 Å². The van der Waals surface area contributed by atoms with E-state index < -0.39 is 16.3 Å². The molecule has 1 heterocycles. The maximum absolute atomic E-state index is 12.6. The molecular formula is C23H28N4O4S2. The van der Waals surface area contributed by atoms with Crippen LogP contribution >= 0.6 is 11.8 Å². The first-order chi connectivity index (χ1) is 15.9. The second kappa shape index (κ2) is 11.6. The predicted molar refractivity (Wildman–Crippen MR) is 130 cm³/mol. The highest BCUT2D eigenvalue weighted by molar-refractivity contribution is 7.99. The number of benzene rings is 2. The summed E-state index contributed by atoms with van der Waals surface area (Å²) in [7, 11) is 2.57. The molecule has 10 heteroatoms. The van der Waals surface area contributed by atoms with Gasteiger partial charge in [0.25, 0.3) is 0 Å². The zero-order chi connectivity index (χ0) is 23.8. The van der Waals surface area contributed by atoms with Crippen LogP contribution in [0.1, 0.15) is 5.56 Å². The Bertz CT molecular complexity index is 1170. The number of thioether (sulfide) groups is 1. The lowest BCUT2D eigenvalue weighted by Gasteiger charge is -2.17. The van der Waals surface area contributed by atoms with Gasteiger partial charge in [-0.1, -0.05) is 66.4 Å². The van der Waals surface area contributed by atoms with Crippen molar-refractivity contribution in [3.8, 4) is 11.4 Å². The highest BCUT2D eigenvalue weighted by atomic mass is 32.2. The van der Waals surface area contributed by atoms with Crippen LogP contribution in [0, 0.1) is 0 Å². The van der Waals surface area contributed by atoms with Gasteiger partial charge in [0.1, 0.15) is 0 Å². The first-order valence-corrected chi connectivity index (χ1v) is 12.7. The summed E-state index contributed by atoms with van der Waals surface area (Å²) in [6.07, 6.45) is 3.61. The van der Waals surface area contributed by atoms with Gasteiger partial charge in [0, 0.05) is 39.6 Å². The minimum absolute atomic E-state index is 0.189. The Balaban J connectivity index is 1.90. The quantitative estimate of drug-likeness (QED) is 0.301. The lowest BCUT2D eigenvalue weighted by atomic mass is 10.2. The topological polar surface area (TPSA) is 86.5 Å². The zero-order valence-corrected chi connectivity index (χ0v) is 20.7. The van der Waals surface area contributed by atoms with Crippen molar-refractivity contribution in [3.63, 3.8) is 0 Å². The summed E-state index contributed by atoms with van der Waals surface area (Å²) in [4.78, 5) is 0.189. The van der Waals surface area contributed by atoms with E-state index in [9.17, 15) is 8.42 Å². The fourth-order valence-electron chi connectivity index (χ4n) is 3.05. The van der Waals surface area contributed by atoms with Crippen LogP contribution in [0.25, 0.3) is 17.5 Å². The average molecular weight is 489 g/mol.